The fourth-order valence-corrected chi connectivity index (χ4v) is 4.76. The van der Waals surface area contributed by atoms with Crippen LogP contribution < -0.4 is 16.6 Å². The molecule has 0 radical (unpaired) electrons. The maximum Gasteiger partial charge on any atom is 0.303 e. The molecule has 170 valence electrons. The van der Waals surface area contributed by atoms with Crippen molar-refractivity contribution in [1.29, 1.82) is 0 Å². The minimum absolute atomic E-state index is 0.00189. The number of hydrogen-bond acceptors (Lipinski definition) is 7. The van der Waals surface area contributed by atoms with Crippen LogP contribution in [0.1, 0.15) is 56.7 Å². The molecule has 2 bridgehead atoms. The predicted molar refractivity (Wildman–Crippen MR) is 117 cm³/mol. The van der Waals surface area contributed by atoms with E-state index in [9.17, 15) is 14.4 Å². The zero-order chi connectivity index (χ0) is 22.7. The standard InChI is InChI=1S/C22H27N5O5/c23-19(28)12-32-26-17(8-9-20(29)30)21-22(31)27(18-7-2-1-6-16(18)25-21)15-10-13-4-3-5-14(11-15)24-13/h1-2,6-7,13-15,24H,3-5,8-12H2,(H2,23,28)(H,29,30)/b26-17+. The fourth-order valence-electron chi connectivity index (χ4n) is 4.76. The van der Waals surface area contributed by atoms with Gasteiger partial charge in [-0.1, -0.05) is 23.7 Å². The topological polar surface area (TPSA) is 149 Å². The molecule has 1 amide bonds. The Labute approximate surface area is 184 Å². The van der Waals surface area contributed by atoms with Crippen molar-refractivity contribution in [1.82, 2.24) is 14.9 Å². The van der Waals surface area contributed by atoms with E-state index in [-0.39, 0.29) is 35.8 Å². The summed E-state index contributed by atoms with van der Waals surface area (Å²) in [6, 6.07) is 8.14. The number of para-hydroxylation sites is 2. The summed E-state index contributed by atoms with van der Waals surface area (Å²) >= 11 is 0. The summed E-state index contributed by atoms with van der Waals surface area (Å²) in [5, 5.41) is 16.7. The third-order valence-electron chi connectivity index (χ3n) is 6.08. The normalized spacial score (nSPS) is 23.1. The maximum absolute atomic E-state index is 13.7. The SMILES string of the molecule is NC(=O)CO/N=C(\CCC(=O)O)c1nc2ccccc2n(C2CC3CCCC(C2)N3)c1=O. The Kier molecular flexibility index (Phi) is 6.50. The Morgan fingerprint density at radius 3 is 2.62 bits per heavy atom. The van der Waals surface area contributed by atoms with E-state index in [0.717, 1.165) is 31.2 Å². The van der Waals surface area contributed by atoms with E-state index >= 15 is 0 Å². The molecular weight excluding hydrogens is 414 g/mol. The number of amides is 1. The Morgan fingerprint density at radius 2 is 1.94 bits per heavy atom. The van der Waals surface area contributed by atoms with E-state index in [1.54, 1.807) is 4.57 Å². The van der Waals surface area contributed by atoms with Gasteiger partial charge >= 0.3 is 5.97 Å². The van der Waals surface area contributed by atoms with Gasteiger partial charge in [-0.2, -0.15) is 0 Å². The van der Waals surface area contributed by atoms with Gasteiger partial charge in [0.05, 0.1) is 17.5 Å². The lowest BCUT2D eigenvalue weighted by molar-refractivity contribution is -0.136. The lowest BCUT2D eigenvalue weighted by Gasteiger charge is -2.41. The molecule has 2 saturated heterocycles. The van der Waals surface area contributed by atoms with Crippen LogP contribution in [0.25, 0.3) is 11.0 Å². The third-order valence-corrected chi connectivity index (χ3v) is 6.08. The van der Waals surface area contributed by atoms with Gasteiger partial charge in [-0.25, -0.2) is 4.98 Å². The number of fused-ring (bicyclic) bond motifs is 3. The van der Waals surface area contributed by atoms with Crippen LogP contribution in [0.15, 0.2) is 34.2 Å². The summed E-state index contributed by atoms with van der Waals surface area (Å²) in [5.41, 5.74) is 6.24. The quantitative estimate of drug-likeness (QED) is 0.413. The second kappa shape index (κ2) is 9.47. The molecule has 10 nitrogen and oxygen atoms in total. The highest BCUT2D eigenvalue weighted by Crippen LogP contribution is 2.33. The van der Waals surface area contributed by atoms with Crippen molar-refractivity contribution in [2.24, 2.45) is 10.9 Å². The summed E-state index contributed by atoms with van der Waals surface area (Å²) in [6.07, 6.45) is 4.72. The largest absolute Gasteiger partial charge is 0.481 e. The molecule has 1 aromatic carbocycles. The number of carbonyl (C=O) groups excluding carboxylic acids is 1. The first-order chi connectivity index (χ1) is 15.4. The number of aromatic nitrogens is 2. The number of carboxylic acids is 1. The molecule has 4 N–H and O–H groups in total. The second-order valence-corrected chi connectivity index (χ2v) is 8.41. The number of hydrogen-bond donors (Lipinski definition) is 3. The van der Waals surface area contributed by atoms with Crippen LogP contribution in [0, 0.1) is 0 Å². The van der Waals surface area contributed by atoms with Gasteiger partial charge in [-0.15, -0.1) is 0 Å². The Balaban J connectivity index is 1.80. The smallest absolute Gasteiger partial charge is 0.303 e. The van der Waals surface area contributed by atoms with Crippen molar-refractivity contribution in [3.8, 4) is 0 Å². The van der Waals surface area contributed by atoms with Crippen molar-refractivity contribution in [3.05, 3.63) is 40.3 Å². The predicted octanol–water partition coefficient (Wildman–Crippen LogP) is 1.31. The van der Waals surface area contributed by atoms with Gasteiger partial charge in [0, 0.05) is 24.5 Å². The molecule has 2 aromatic rings. The van der Waals surface area contributed by atoms with Gasteiger partial charge in [-0.3, -0.25) is 14.4 Å². The average molecular weight is 441 g/mol. The number of carboxylic acid groups (broad SMARTS) is 1. The molecule has 2 fully saturated rings. The third kappa shape index (κ3) is 4.80. The van der Waals surface area contributed by atoms with Gasteiger partial charge in [-0.05, 0) is 37.8 Å². The molecule has 4 rings (SSSR count). The number of oxime groups is 1. The van der Waals surface area contributed by atoms with E-state index in [4.69, 9.17) is 15.7 Å². The van der Waals surface area contributed by atoms with Gasteiger partial charge in [0.25, 0.3) is 11.5 Å². The molecule has 0 aliphatic carbocycles. The van der Waals surface area contributed by atoms with Crippen molar-refractivity contribution in [2.75, 3.05) is 6.61 Å². The number of benzene rings is 1. The van der Waals surface area contributed by atoms with Crippen LogP contribution in [0.3, 0.4) is 0 Å². The first-order valence-electron chi connectivity index (χ1n) is 10.9. The highest BCUT2D eigenvalue weighted by Gasteiger charge is 2.33. The maximum atomic E-state index is 13.7. The average Bonchev–Trinajstić information content (AvgIpc) is 2.75. The number of piperidine rings is 2. The highest BCUT2D eigenvalue weighted by atomic mass is 16.6. The number of carbonyl (C=O) groups is 2. The molecule has 10 heteroatoms. The highest BCUT2D eigenvalue weighted by molar-refractivity contribution is 6.00. The monoisotopic (exact) mass is 441 g/mol. The van der Waals surface area contributed by atoms with Crippen LogP contribution in [-0.4, -0.2) is 50.9 Å². The molecule has 0 spiro atoms. The Morgan fingerprint density at radius 1 is 1.22 bits per heavy atom. The molecule has 1 aromatic heterocycles. The molecule has 2 atom stereocenters. The van der Waals surface area contributed by atoms with Crippen LogP contribution in [-0.2, 0) is 14.4 Å². The van der Waals surface area contributed by atoms with E-state index < -0.39 is 18.5 Å². The van der Waals surface area contributed by atoms with Crippen molar-refractivity contribution in [2.45, 2.75) is 63.1 Å². The van der Waals surface area contributed by atoms with Gasteiger partial charge in [0.15, 0.2) is 12.3 Å². The number of nitrogens with zero attached hydrogens (tertiary/aromatic N) is 3. The van der Waals surface area contributed by atoms with Gasteiger partial charge in [0.2, 0.25) is 0 Å². The van der Waals surface area contributed by atoms with Crippen LogP contribution in [0.5, 0.6) is 0 Å². The molecule has 2 aliphatic rings. The number of aliphatic carboxylic acids is 1. The summed E-state index contributed by atoms with van der Waals surface area (Å²) in [4.78, 5) is 45.4. The van der Waals surface area contributed by atoms with Gasteiger partial charge < -0.3 is 25.6 Å². The van der Waals surface area contributed by atoms with E-state index in [1.807, 2.05) is 24.3 Å². The van der Waals surface area contributed by atoms with E-state index in [1.165, 1.54) is 6.42 Å². The summed E-state index contributed by atoms with van der Waals surface area (Å²) in [5.74, 6) is -1.77. The number of primary amides is 1. The lowest BCUT2D eigenvalue weighted by atomic mass is 9.83. The fraction of sp³-hybridized carbons (Fsp3) is 0.500. The van der Waals surface area contributed by atoms with Gasteiger partial charge in [0.1, 0.15) is 5.71 Å². The zero-order valence-corrected chi connectivity index (χ0v) is 17.7. The van der Waals surface area contributed by atoms with Crippen molar-refractivity contribution < 1.29 is 19.5 Å². The van der Waals surface area contributed by atoms with Crippen molar-refractivity contribution in [3.63, 3.8) is 0 Å². The number of nitrogens with one attached hydrogen (secondary N) is 1. The molecular formula is C22H27N5O5. The first-order valence-corrected chi connectivity index (χ1v) is 10.9. The molecule has 32 heavy (non-hydrogen) atoms. The van der Waals surface area contributed by atoms with Crippen LogP contribution in [0.4, 0.5) is 0 Å². The molecule has 3 heterocycles. The summed E-state index contributed by atoms with van der Waals surface area (Å²) in [7, 11) is 0. The minimum Gasteiger partial charge on any atom is -0.481 e. The van der Waals surface area contributed by atoms with E-state index in [0.29, 0.717) is 17.6 Å². The second-order valence-electron chi connectivity index (χ2n) is 8.41. The zero-order valence-electron chi connectivity index (χ0n) is 17.7. The summed E-state index contributed by atoms with van der Waals surface area (Å²) < 4.78 is 1.79. The molecule has 2 unspecified atom stereocenters. The van der Waals surface area contributed by atoms with Crippen LogP contribution in [0.2, 0.25) is 0 Å². The number of rotatable bonds is 8. The molecule has 0 saturated carbocycles. The lowest BCUT2D eigenvalue weighted by Crippen LogP contribution is -2.50. The minimum atomic E-state index is -1.04. The van der Waals surface area contributed by atoms with E-state index in [2.05, 4.69) is 15.5 Å². The van der Waals surface area contributed by atoms with Crippen LogP contribution >= 0.6 is 0 Å². The Hall–Kier alpha value is -3.27. The first kappa shape index (κ1) is 21.9. The summed E-state index contributed by atoms with van der Waals surface area (Å²) in [6.45, 7) is -0.476. The Bertz CT molecular complexity index is 1100. The van der Waals surface area contributed by atoms with Crippen molar-refractivity contribution >= 4 is 28.6 Å². The number of nitrogens with two attached hydrogens (primary N) is 1. The molecule has 2 aliphatic heterocycles.